The lowest BCUT2D eigenvalue weighted by Crippen LogP contribution is -2.14. The molecule has 1 aromatic heterocycles. The summed E-state index contributed by atoms with van der Waals surface area (Å²) in [6, 6.07) is 17.4. The average molecular weight is 537 g/mol. The number of carbonyl (C=O) groups excluding carboxylic acids is 1. The van der Waals surface area contributed by atoms with Crippen molar-refractivity contribution in [3.05, 3.63) is 117 Å². The van der Waals surface area contributed by atoms with E-state index < -0.39 is 23.3 Å². The third-order valence-electron chi connectivity index (χ3n) is 6.11. The molecule has 1 heterocycles. The number of aryl methyl sites for hydroxylation is 1. The normalized spacial score (nSPS) is 11.9. The zero-order valence-corrected chi connectivity index (χ0v) is 21.7. The van der Waals surface area contributed by atoms with Gasteiger partial charge in [0.2, 0.25) is 0 Å². The van der Waals surface area contributed by atoms with E-state index in [0.29, 0.717) is 33.4 Å². The van der Waals surface area contributed by atoms with Gasteiger partial charge in [-0.25, -0.2) is 9.59 Å². The maximum Gasteiger partial charge on any atom is 0.416 e. The van der Waals surface area contributed by atoms with Crippen LogP contribution in [0.4, 0.5) is 13.2 Å². The lowest BCUT2D eigenvalue weighted by atomic mass is 9.97. The highest BCUT2D eigenvalue weighted by Crippen LogP contribution is 2.33. The van der Waals surface area contributed by atoms with Gasteiger partial charge >= 0.3 is 17.8 Å². The van der Waals surface area contributed by atoms with Gasteiger partial charge in [-0.15, -0.1) is 0 Å². The van der Waals surface area contributed by atoms with Crippen molar-refractivity contribution in [2.24, 2.45) is 0 Å². The lowest BCUT2D eigenvalue weighted by Gasteiger charge is -2.17. The Morgan fingerprint density at radius 3 is 2.31 bits per heavy atom. The van der Waals surface area contributed by atoms with Crippen LogP contribution in [0, 0.1) is 6.92 Å². The Labute approximate surface area is 223 Å². The molecule has 0 bridgehead atoms. The van der Waals surface area contributed by atoms with E-state index in [0.717, 1.165) is 17.7 Å². The van der Waals surface area contributed by atoms with Crippen molar-refractivity contribution in [2.45, 2.75) is 46.1 Å². The summed E-state index contributed by atoms with van der Waals surface area (Å²) in [4.78, 5) is 25.5. The highest BCUT2D eigenvalue weighted by atomic mass is 19.4. The average Bonchev–Trinajstić information content (AvgIpc) is 2.89. The number of esters is 1. The number of fused-ring (bicyclic) bond motifs is 1. The topological polar surface area (TPSA) is 65.7 Å². The van der Waals surface area contributed by atoms with E-state index in [-0.39, 0.29) is 24.7 Å². The molecule has 0 radical (unpaired) electrons. The molecular formula is C31H27F3O5. The second-order valence-electron chi connectivity index (χ2n) is 9.30. The van der Waals surface area contributed by atoms with Gasteiger partial charge in [0.1, 0.15) is 17.9 Å². The zero-order valence-electron chi connectivity index (χ0n) is 21.7. The highest BCUT2D eigenvalue weighted by molar-refractivity contribution is 5.88. The molecule has 0 aliphatic carbocycles. The fourth-order valence-electron chi connectivity index (χ4n) is 4.13. The summed E-state index contributed by atoms with van der Waals surface area (Å²) in [5, 5.41) is 0.610. The summed E-state index contributed by atoms with van der Waals surface area (Å²) in [5.41, 5.74) is 1.57. The number of hydrogen-bond acceptors (Lipinski definition) is 5. The molecule has 0 unspecified atom stereocenters. The Kier molecular flexibility index (Phi) is 8.24. The molecule has 0 fully saturated rings. The van der Waals surface area contributed by atoms with Gasteiger partial charge in [0.05, 0.1) is 17.2 Å². The summed E-state index contributed by atoms with van der Waals surface area (Å²) in [5.74, 6) is -0.167. The second kappa shape index (κ2) is 11.6. The predicted molar refractivity (Wildman–Crippen MR) is 143 cm³/mol. The van der Waals surface area contributed by atoms with Crippen molar-refractivity contribution < 1.29 is 31.9 Å². The van der Waals surface area contributed by atoms with Crippen LogP contribution in [-0.4, -0.2) is 12.1 Å². The molecule has 4 aromatic rings. The van der Waals surface area contributed by atoms with E-state index in [2.05, 4.69) is 0 Å². The molecule has 0 aliphatic rings. The number of benzene rings is 3. The van der Waals surface area contributed by atoms with Crippen molar-refractivity contribution in [1.82, 2.24) is 0 Å². The number of ether oxygens (including phenoxy) is 2. The fraction of sp³-hybridized carbons (Fsp3) is 0.226. The van der Waals surface area contributed by atoms with Gasteiger partial charge in [-0.1, -0.05) is 42.5 Å². The van der Waals surface area contributed by atoms with Gasteiger partial charge in [-0.3, -0.25) is 0 Å². The SMILES string of the molecule is Cc1c(Cc2ccc(C(F)(F)F)cc2)c(=O)oc2c(COC(=O)/C=C/c3ccccc3)c(OC(C)C)ccc12. The first-order valence-electron chi connectivity index (χ1n) is 12.3. The summed E-state index contributed by atoms with van der Waals surface area (Å²) < 4.78 is 55.8. The molecule has 3 aromatic carbocycles. The second-order valence-corrected chi connectivity index (χ2v) is 9.30. The van der Waals surface area contributed by atoms with Crippen LogP contribution in [0.25, 0.3) is 17.0 Å². The zero-order chi connectivity index (χ0) is 28.2. The van der Waals surface area contributed by atoms with Crippen LogP contribution in [0.5, 0.6) is 5.75 Å². The van der Waals surface area contributed by atoms with Crippen LogP contribution >= 0.6 is 0 Å². The summed E-state index contributed by atoms with van der Waals surface area (Å²) in [6.07, 6.45) is -1.59. The molecule has 0 saturated heterocycles. The van der Waals surface area contributed by atoms with Crippen LogP contribution < -0.4 is 10.4 Å². The largest absolute Gasteiger partial charge is 0.490 e. The number of alkyl halides is 3. The molecule has 8 heteroatoms. The Hall–Kier alpha value is -4.33. The molecule has 0 saturated carbocycles. The Balaban J connectivity index is 1.65. The first-order chi connectivity index (χ1) is 18.5. The van der Waals surface area contributed by atoms with Gasteiger partial charge < -0.3 is 13.9 Å². The molecule has 0 amide bonds. The fourth-order valence-corrected chi connectivity index (χ4v) is 4.13. The van der Waals surface area contributed by atoms with Crippen LogP contribution in [0.15, 0.2) is 82.0 Å². The van der Waals surface area contributed by atoms with Gasteiger partial charge in [-0.2, -0.15) is 13.2 Å². The molecule has 0 N–H and O–H groups in total. The smallest absolute Gasteiger partial charge is 0.416 e. The minimum atomic E-state index is -4.44. The van der Waals surface area contributed by atoms with Gasteiger partial charge in [-0.05, 0) is 67.8 Å². The molecule has 0 atom stereocenters. The standard InChI is InChI=1S/C31H27F3O5/c1-19(2)38-27-15-14-24-20(3)25(17-22-9-12-23(13-10-22)31(32,33)34)30(36)39-29(24)26(27)18-37-28(35)16-11-21-7-5-4-6-8-21/h4-16,19H,17-18H2,1-3H3/b16-11+. The molecule has 0 aliphatic heterocycles. The monoisotopic (exact) mass is 536 g/mol. The summed E-state index contributed by atoms with van der Waals surface area (Å²) in [7, 11) is 0. The quantitative estimate of drug-likeness (QED) is 0.135. The van der Waals surface area contributed by atoms with Crippen molar-refractivity contribution in [1.29, 1.82) is 0 Å². The minimum Gasteiger partial charge on any atom is -0.490 e. The minimum absolute atomic E-state index is 0.0983. The van der Waals surface area contributed by atoms with Crippen molar-refractivity contribution in [3.63, 3.8) is 0 Å². The molecule has 202 valence electrons. The summed E-state index contributed by atoms with van der Waals surface area (Å²) in [6.45, 7) is 5.24. The van der Waals surface area contributed by atoms with Gasteiger partial charge in [0, 0.05) is 23.4 Å². The highest BCUT2D eigenvalue weighted by Gasteiger charge is 2.30. The van der Waals surface area contributed by atoms with E-state index >= 15 is 0 Å². The Bertz CT molecular complexity index is 1550. The number of hydrogen-bond donors (Lipinski definition) is 0. The third kappa shape index (κ3) is 6.76. The van der Waals surface area contributed by atoms with Crippen LogP contribution in [0.1, 0.15) is 47.2 Å². The summed E-state index contributed by atoms with van der Waals surface area (Å²) >= 11 is 0. The van der Waals surface area contributed by atoms with Crippen molar-refractivity contribution >= 4 is 23.0 Å². The maximum absolute atomic E-state index is 13.1. The number of halogens is 3. The first-order valence-corrected chi connectivity index (χ1v) is 12.3. The van der Waals surface area contributed by atoms with E-state index in [1.54, 1.807) is 25.1 Å². The predicted octanol–water partition coefficient (Wildman–Crippen LogP) is 7.25. The molecule has 4 rings (SSSR count). The van der Waals surface area contributed by atoms with Crippen LogP contribution in [-0.2, 0) is 28.7 Å². The Morgan fingerprint density at radius 1 is 0.974 bits per heavy atom. The number of rotatable bonds is 8. The van der Waals surface area contributed by atoms with Crippen molar-refractivity contribution in [3.8, 4) is 5.75 Å². The van der Waals surface area contributed by atoms with Gasteiger partial charge in [0.25, 0.3) is 0 Å². The van der Waals surface area contributed by atoms with E-state index in [4.69, 9.17) is 13.9 Å². The molecular weight excluding hydrogens is 509 g/mol. The van der Waals surface area contributed by atoms with E-state index in [1.165, 1.54) is 18.2 Å². The van der Waals surface area contributed by atoms with Crippen LogP contribution in [0.2, 0.25) is 0 Å². The lowest BCUT2D eigenvalue weighted by molar-refractivity contribution is -0.139. The molecule has 39 heavy (non-hydrogen) atoms. The third-order valence-corrected chi connectivity index (χ3v) is 6.11. The van der Waals surface area contributed by atoms with E-state index in [1.807, 2.05) is 44.2 Å². The first kappa shape index (κ1) is 27.7. The molecule has 5 nitrogen and oxygen atoms in total. The number of carbonyl (C=O) groups is 1. The van der Waals surface area contributed by atoms with Crippen molar-refractivity contribution in [2.75, 3.05) is 0 Å². The molecule has 0 spiro atoms. The maximum atomic E-state index is 13.1. The van der Waals surface area contributed by atoms with Gasteiger partial charge in [0.15, 0.2) is 0 Å². The Morgan fingerprint density at radius 2 is 1.67 bits per heavy atom. The van der Waals surface area contributed by atoms with Crippen LogP contribution in [0.3, 0.4) is 0 Å². The van der Waals surface area contributed by atoms with E-state index in [9.17, 15) is 22.8 Å².